The summed E-state index contributed by atoms with van der Waals surface area (Å²) in [6.45, 7) is 2.93. The second-order valence-electron chi connectivity index (χ2n) is 6.32. The SMILES string of the molecule is CCOC(=O)c1ccc(S(=O)(=O)N2CCN(C(=O)/C=C/c3ccco3)CC2)cc1. The van der Waals surface area contributed by atoms with Crippen LogP contribution in [0.25, 0.3) is 6.08 Å². The van der Waals surface area contributed by atoms with E-state index in [2.05, 4.69) is 0 Å². The molecule has 1 aliphatic rings. The van der Waals surface area contributed by atoms with Crippen LogP contribution in [-0.2, 0) is 19.6 Å². The van der Waals surface area contributed by atoms with Crippen molar-refractivity contribution < 1.29 is 27.2 Å². The smallest absolute Gasteiger partial charge is 0.338 e. The summed E-state index contributed by atoms with van der Waals surface area (Å²) < 4.78 is 37.0. The molecule has 29 heavy (non-hydrogen) atoms. The number of rotatable bonds is 6. The van der Waals surface area contributed by atoms with Crippen LogP contribution in [0, 0.1) is 0 Å². The van der Waals surface area contributed by atoms with Crippen LogP contribution in [0.2, 0.25) is 0 Å². The summed E-state index contributed by atoms with van der Waals surface area (Å²) in [6.07, 6.45) is 4.51. The Morgan fingerprint density at radius 1 is 1.10 bits per heavy atom. The van der Waals surface area contributed by atoms with Gasteiger partial charge >= 0.3 is 5.97 Å². The lowest BCUT2D eigenvalue weighted by molar-refractivity contribution is -0.127. The maximum absolute atomic E-state index is 12.8. The topological polar surface area (TPSA) is 97.1 Å². The molecule has 1 aliphatic heterocycles. The van der Waals surface area contributed by atoms with Gasteiger partial charge in [-0.05, 0) is 49.4 Å². The zero-order chi connectivity index (χ0) is 20.9. The first-order valence-electron chi connectivity index (χ1n) is 9.19. The molecular weight excluding hydrogens is 396 g/mol. The Balaban J connectivity index is 1.60. The van der Waals surface area contributed by atoms with Crippen LogP contribution in [0.5, 0.6) is 0 Å². The van der Waals surface area contributed by atoms with Crippen molar-refractivity contribution >= 4 is 28.0 Å². The van der Waals surface area contributed by atoms with Crippen molar-refractivity contribution in [3.8, 4) is 0 Å². The number of furan rings is 1. The van der Waals surface area contributed by atoms with Crippen molar-refractivity contribution in [3.05, 3.63) is 60.1 Å². The molecule has 1 amide bonds. The highest BCUT2D eigenvalue weighted by Gasteiger charge is 2.29. The molecule has 0 unspecified atom stereocenters. The number of carbonyl (C=O) groups is 2. The third-order valence-corrected chi connectivity index (χ3v) is 6.40. The van der Waals surface area contributed by atoms with Gasteiger partial charge in [0.1, 0.15) is 5.76 Å². The first-order chi connectivity index (χ1) is 13.9. The van der Waals surface area contributed by atoms with E-state index in [1.54, 1.807) is 30.0 Å². The Bertz CT molecular complexity index is 972. The van der Waals surface area contributed by atoms with E-state index >= 15 is 0 Å². The van der Waals surface area contributed by atoms with Gasteiger partial charge in [-0.25, -0.2) is 13.2 Å². The number of nitrogens with zero attached hydrogens (tertiary/aromatic N) is 2. The summed E-state index contributed by atoms with van der Waals surface area (Å²) in [7, 11) is -3.70. The molecule has 8 nitrogen and oxygen atoms in total. The number of esters is 1. The molecule has 2 aromatic rings. The van der Waals surface area contributed by atoms with Gasteiger partial charge < -0.3 is 14.1 Å². The standard InChI is InChI=1S/C20H22N2O6S/c1-2-27-20(24)16-5-8-18(9-6-16)29(25,26)22-13-11-21(12-14-22)19(23)10-7-17-4-3-15-28-17/h3-10,15H,2,11-14H2,1H3/b10-7+. The van der Waals surface area contributed by atoms with Gasteiger partial charge in [-0.2, -0.15) is 4.31 Å². The van der Waals surface area contributed by atoms with Gasteiger partial charge in [-0.3, -0.25) is 4.79 Å². The van der Waals surface area contributed by atoms with E-state index in [0.29, 0.717) is 24.4 Å². The number of hydrogen-bond acceptors (Lipinski definition) is 6. The van der Waals surface area contributed by atoms with Crippen LogP contribution in [0.1, 0.15) is 23.0 Å². The lowest BCUT2D eigenvalue weighted by Gasteiger charge is -2.33. The molecule has 0 saturated carbocycles. The van der Waals surface area contributed by atoms with Crippen LogP contribution in [-0.4, -0.2) is 62.3 Å². The number of amides is 1. The Labute approximate surface area is 169 Å². The molecule has 9 heteroatoms. The number of ether oxygens (including phenoxy) is 1. The van der Waals surface area contributed by atoms with Gasteiger partial charge in [0.05, 0.1) is 23.3 Å². The molecule has 3 rings (SSSR count). The second-order valence-corrected chi connectivity index (χ2v) is 8.26. The first-order valence-corrected chi connectivity index (χ1v) is 10.6. The van der Waals surface area contributed by atoms with E-state index in [1.807, 2.05) is 0 Å². The normalized spacial score (nSPS) is 15.6. The number of benzene rings is 1. The Kier molecular flexibility index (Phi) is 6.50. The van der Waals surface area contributed by atoms with E-state index < -0.39 is 16.0 Å². The fourth-order valence-electron chi connectivity index (χ4n) is 2.92. The van der Waals surface area contributed by atoms with Crippen molar-refractivity contribution in [3.63, 3.8) is 0 Å². The van der Waals surface area contributed by atoms with Crippen molar-refractivity contribution in [2.24, 2.45) is 0 Å². The molecule has 0 atom stereocenters. The highest BCUT2D eigenvalue weighted by Crippen LogP contribution is 2.19. The molecule has 1 saturated heterocycles. The third-order valence-electron chi connectivity index (χ3n) is 4.49. The van der Waals surface area contributed by atoms with Gasteiger partial charge in [-0.15, -0.1) is 0 Å². The third kappa shape index (κ3) is 4.93. The monoisotopic (exact) mass is 418 g/mol. The number of carbonyl (C=O) groups excluding carboxylic acids is 2. The number of piperazine rings is 1. The summed E-state index contributed by atoms with van der Waals surface area (Å²) in [5.41, 5.74) is 0.296. The number of hydrogen-bond donors (Lipinski definition) is 0. The molecule has 0 spiro atoms. The van der Waals surface area contributed by atoms with E-state index in [4.69, 9.17) is 9.15 Å². The van der Waals surface area contributed by atoms with Gasteiger partial charge in [0.15, 0.2) is 0 Å². The second kappa shape index (κ2) is 9.06. The van der Waals surface area contributed by atoms with Crippen LogP contribution < -0.4 is 0 Å². The van der Waals surface area contributed by atoms with Gasteiger partial charge in [0.2, 0.25) is 15.9 Å². The molecule has 0 N–H and O–H groups in total. The highest BCUT2D eigenvalue weighted by atomic mass is 32.2. The summed E-state index contributed by atoms with van der Waals surface area (Å²) in [5.74, 6) is -0.116. The largest absolute Gasteiger partial charge is 0.465 e. The van der Waals surface area contributed by atoms with Crippen molar-refractivity contribution in [2.45, 2.75) is 11.8 Å². The van der Waals surface area contributed by atoms with E-state index in [1.165, 1.54) is 40.9 Å². The fraction of sp³-hybridized carbons (Fsp3) is 0.300. The first kappa shape index (κ1) is 20.8. The molecule has 0 bridgehead atoms. The zero-order valence-electron chi connectivity index (χ0n) is 16.0. The minimum atomic E-state index is -3.70. The summed E-state index contributed by atoms with van der Waals surface area (Å²) >= 11 is 0. The van der Waals surface area contributed by atoms with Gasteiger partial charge in [-0.1, -0.05) is 0 Å². The lowest BCUT2D eigenvalue weighted by atomic mass is 10.2. The highest BCUT2D eigenvalue weighted by molar-refractivity contribution is 7.89. The van der Waals surface area contributed by atoms with Crippen LogP contribution in [0.3, 0.4) is 0 Å². The molecule has 1 fully saturated rings. The van der Waals surface area contributed by atoms with Crippen molar-refractivity contribution in [2.75, 3.05) is 32.8 Å². The molecule has 1 aromatic heterocycles. The van der Waals surface area contributed by atoms with Crippen LogP contribution in [0.4, 0.5) is 0 Å². The number of sulfonamides is 1. The zero-order valence-corrected chi connectivity index (χ0v) is 16.8. The van der Waals surface area contributed by atoms with Gasteiger partial charge in [0.25, 0.3) is 0 Å². The fourth-order valence-corrected chi connectivity index (χ4v) is 4.34. The van der Waals surface area contributed by atoms with E-state index in [9.17, 15) is 18.0 Å². The average molecular weight is 418 g/mol. The molecular formula is C20H22N2O6S. The maximum atomic E-state index is 12.8. The van der Waals surface area contributed by atoms with E-state index in [0.717, 1.165) is 0 Å². The predicted molar refractivity (Wildman–Crippen MR) is 105 cm³/mol. The van der Waals surface area contributed by atoms with E-state index in [-0.39, 0.29) is 30.5 Å². The van der Waals surface area contributed by atoms with Gasteiger partial charge in [0, 0.05) is 32.3 Å². The Hall–Kier alpha value is -2.91. The predicted octanol–water partition coefficient (Wildman–Crippen LogP) is 2.00. The maximum Gasteiger partial charge on any atom is 0.338 e. The average Bonchev–Trinajstić information content (AvgIpc) is 3.26. The lowest BCUT2D eigenvalue weighted by Crippen LogP contribution is -2.50. The summed E-state index contributed by atoms with van der Waals surface area (Å²) in [6, 6.07) is 9.12. The Morgan fingerprint density at radius 3 is 2.38 bits per heavy atom. The quantitative estimate of drug-likeness (QED) is 0.526. The molecule has 0 radical (unpaired) electrons. The van der Waals surface area contributed by atoms with Crippen molar-refractivity contribution in [1.29, 1.82) is 0 Å². The molecule has 0 aliphatic carbocycles. The minimum Gasteiger partial charge on any atom is -0.465 e. The molecule has 1 aromatic carbocycles. The molecule has 154 valence electrons. The Morgan fingerprint density at radius 2 is 1.79 bits per heavy atom. The van der Waals surface area contributed by atoms with Crippen LogP contribution >= 0.6 is 0 Å². The van der Waals surface area contributed by atoms with Crippen LogP contribution in [0.15, 0.2) is 58.1 Å². The van der Waals surface area contributed by atoms with Crippen molar-refractivity contribution in [1.82, 2.24) is 9.21 Å². The summed E-state index contributed by atoms with van der Waals surface area (Å²) in [5, 5.41) is 0. The minimum absolute atomic E-state index is 0.100. The molecule has 2 heterocycles. The summed E-state index contributed by atoms with van der Waals surface area (Å²) in [4.78, 5) is 25.7.